The van der Waals surface area contributed by atoms with Crippen molar-refractivity contribution >= 4 is 32.4 Å². The van der Waals surface area contributed by atoms with Crippen molar-refractivity contribution in [1.82, 2.24) is 15.0 Å². The van der Waals surface area contributed by atoms with E-state index >= 15 is 0 Å². The average molecular weight is 652 g/mol. The van der Waals surface area contributed by atoms with Gasteiger partial charge >= 0.3 is 0 Å². The van der Waals surface area contributed by atoms with Gasteiger partial charge in [-0.05, 0) is 85.3 Å². The number of aromatic nitrogens is 3. The van der Waals surface area contributed by atoms with Crippen molar-refractivity contribution in [3.8, 4) is 56.2 Å². The highest BCUT2D eigenvalue weighted by atomic mass is 14.9. The number of hydrogen-bond acceptors (Lipinski definition) is 3. The topological polar surface area (TPSA) is 38.7 Å². The Morgan fingerprint density at radius 3 is 1.88 bits per heavy atom. The van der Waals surface area contributed by atoms with E-state index in [1.807, 2.05) is 30.5 Å². The van der Waals surface area contributed by atoms with Crippen molar-refractivity contribution in [3.63, 3.8) is 0 Å². The molecule has 0 N–H and O–H groups in total. The second-order valence-corrected chi connectivity index (χ2v) is 14.0. The van der Waals surface area contributed by atoms with Gasteiger partial charge in [0.25, 0.3) is 0 Å². The summed E-state index contributed by atoms with van der Waals surface area (Å²) in [5.41, 5.74) is 13.5. The molecule has 0 fully saturated rings. The Bertz CT molecular complexity index is 2830. The monoisotopic (exact) mass is 651 g/mol. The number of para-hydroxylation sites is 1. The Labute approximate surface area is 297 Å². The molecule has 51 heavy (non-hydrogen) atoms. The van der Waals surface area contributed by atoms with Crippen LogP contribution in [-0.2, 0) is 5.41 Å². The Hall–Kier alpha value is -6.45. The van der Waals surface area contributed by atoms with Gasteiger partial charge in [-0.3, -0.25) is 4.98 Å². The van der Waals surface area contributed by atoms with Crippen molar-refractivity contribution in [2.75, 3.05) is 0 Å². The van der Waals surface area contributed by atoms with E-state index in [-0.39, 0.29) is 5.41 Å². The van der Waals surface area contributed by atoms with Crippen molar-refractivity contribution < 1.29 is 0 Å². The molecule has 0 saturated carbocycles. The maximum Gasteiger partial charge on any atom is 0.160 e. The third kappa shape index (κ3) is 4.69. The van der Waals surface area contributed by atoms with E-state index in [4.69, 9.17) is 15.0 Å². The second-order valence-electron chi connectivity index (χ2n) is 14.0. The molecule has 0 spiro atoms. The van der Waals surface area contributed by atoms with Crippen LogP contribution in [0.3, 0.4) is 0 Å². The normalized spacial score (nSPS) is 13.1. The van der Waals surface area contributed by atoms with Gasteiger partial charge in [0.1, 0.15) is 0 Å². The lowest BCUT2D eigenvalue weighted by molar-refractivity contribution is 0.661. The predicted octanol–water partition coefficient (Wildman–Crippen LogP) is 12.3. The van der Waals surface area contributed by atoms with Crippen LogP contribution < -0.4 is 0 Å². The van der Waals surface area contributed by atoms with Crippen molar-refractivity contribution in [2.24, 2.45) is 0 Å². The van der Waals surface area contributed by atoms with E-state index in [9.17, 15) is 0 Å². The van der Waals surface area contributed by atoms with Gasteiger partial charge in [0.15, 0.2) is 5.82 Å². The zero-order valence-electron chi connectivity index (χ0n) is 28.4. The molecule has 0 unspecified atom stereocenters. The highest BCUT2D eigenvalue weighted by Crippen LogP contribution is 2.51. The Morgan fingerprint density at radius 1 is 0.412 bits per heavy atom. The summed E-state index contributed by atoms with van der Waals surface area (Å²) < 4.78 is 0. The molecule has 0 atom stereocenters. The zero-order chi connectivity index (χ0) is 34.1. The third-order valence-corrected chi connectivity index (χ3v) is 10.7. The molecular formula is C48H33N3. The van der Waals surface area contributed by atoms with Gasteiger partial charge in [0.05, 0.1) is 16.9 Å². The van der Waals surface area contributed by atoms with Crippen LogP contribution in [-0.4, -0.2) is 15.0 Å². The molecule has 1 aliphatic carbocycles. The number of rotatable bonds is 4. The number of fused-ring (bicyclic) bond motifs is 6. The van der Waals surface area contributed by atoms with Crippen LogP contribution in [0.25, 0.3) is 88.6 Å². The van der Waals surface area contributed by atoms with Crippen LogP contribution >= 0.6 is 0 Å². The maximum atomic E-state index is 5.21. The SMILES string of the molecule is CC1(C)c2ccc(-c3ccc(-c4cc(-c5cccc6cccnc56)nc(-c5ccccc5)n4)c4ccccc34)cc2-c2cc3ccccc3cc21. The average Bonchev–Trinajstić information content (AvgIpc) is 3.40. The van der Waals surface area contributed by atoms with Crippen LogP contribution in [0, 0.1) is 0 Å². The van der Waals surface area contributed by atoms with Gasteiger partial charge in [0, 0.05) is 33.7 Å². The molecule has 7 aromatic carbocycles. The summed E-state index contributed by atoms with van der Waals surface area (Å²) in [5, 5.41) is 6.00. The molecule has 240 valence electrons. The molecule has 3 nitrogen and oxygen atoms in total. The van der Waals surface area contributed by atoms with Gasteiger partial charge < -0.3 is 0 Å². The van der Waals surface area contributed by atoms with Crippen molar-refractivity contribution in [2.45, 2.75) is 19.3 Å². The third-order valence-electron chi connectivity index (χ3n) is 10.7. The Morgan fingerprint density at radius 2 is 1.06 bits per heavy atom. The van der Waals surface area contributed by atoms with E-state index in [2.05, 4.69) is 147 Å². The minimum absolute atomic E-state index is 0.0695. The summed E-state index contributed by atoms with van der Waals surface area (Å²) >= 11 is 0. The molecule has 2 aromatic heterocycles. The molecule has 2 heterocycles. The first-order chi connectivity index (χ1) is 25.0. The van der Waals surface area contributed by atoms with E-state index in [0.717, 1.165) is 44.4 Å². The van der Waals surface area contributed by atoms with Gasteiger partial charge in [-0.15, -0.1) is 0 Å². The summed E-state index contributed by atoms with van der Waals surface area (Å²) in [4.78, 5) is 15.1. The van der Waals surface area contributed by atoms with Crippen molar-refractivity contribution in [3.05, 3.63) is 175 Å². The van der Waals surface area contributed by atoms with Crippen LogP contribution in [0.2, 0.25) is 0 Å². The highest BCUT2D eigenvalue weighted by Gasteiger charge is 2.36. The summed E-state index contributed by atoms with van der Waals surface area (Å²) in [6.07, 6.45) is 1.85. The van der Waals surface area contributed by atoms with Crippen LogP contribution in [0.4, 0.5) is 0 Å². The van der Waals surface area contributed by atoms with E-state index in [1.165, 1.54) is 49.5 Å². The number of hydrogen-bond donors (Lipinski definition) is 0. The van der Waals surface area contributed by atoms with E-state index in [0.29, 0.717) is 5.82 Å². The molecule has 10 rings (SSSR count). The van der Waals surface area contributed by atoms with Crippen molar-refractivity contribution in [1.29, 1.82) is 0 Å². The predicted molar refractivity (Wildman–Crippen MR) is 212 cm³/mol. The molecule has 1 aliphatic rings. The minimum atomic E-state index is -0.0695. The van der Waals surface area contributed by atoms with Crippen LogP contribution in [0.5, 0.6) is 0 Å². The molecule has 3 heteroatoms. The number of benzene rings is 7. The summed E-state index contributed by atoms with van der Waals surface area (Å²) in [5.74, 6) is 0.691. The molecular weight excluding hydrogens is 619 g/mol. The van der Waals surface area contributed by atoms with Gasteiger partial charge in [-0.1, -0.05) is 141 Å². The number of nitrogens with zero attached hydrogens (tertiary/aromatic N) is 3. The lowest BCUT2D eigenvalue weighted by atomic mass is 9.81. The molecule has 0 saturated heterocycles. The summed E-state index contributed by atoms with van der Waals surface area (Å²) in [6, 6.07) is 56.4. The fourth-order valence-electron chi connectivity index (χ4n) is 8.13. The first kappa shape index (κ1) is 29.5. The molecule has 0 radical (unpaired) electrons. The first-order valence-corrected chi connectivity index (χ1v) is 17.5. The van der Waals surface area contributed by atoms with Gasteiger partial charge in [0.2, 0.25) is 0 Å². The maximum absolute atomic E-state index is 5.21. The van der Waals surface area contributed by atoms with E-state index in [1.54, 1.807) is 0 Å². The molecule has 9 aromatic rings. The fourth-order valence-corrected chi connectivity index (χ4v) is 8.13. The largest absolute Gasteiger partial charge is 0.256 e. The summed E-state index contributed by atoms with van der Waals surface area (Å²) in [6.45, 7) is 4.70. The highest BCUT2D eigenvalue weighted by molar-refractivity contribution is 6.06. The minimum Gasteiger partial charge on any atom is -0.256 e. The van der Waals surface area contributed by atoms with Gasteiger partial charge in [-0.2, -0.15) is 0 Å². The van der Waals surface area contributed by atoms with E-state index < -0.39 is 0 Å². The molecule has 0 aliphatic heterocycles. The standard InChI is InChI=1S/C48H33N3/c1-48(2)42-24-21-34(27-40(42)41-26-32-14-6-7-15-33(32)28-43(41)48)35-22-23-38(37-19-9-8-18-36(35)37)44-29-45(51-47(50-44)31-12-4-3-5-13-31)39-20-10-16-30-17-11-25-49-46(30)39/h3-29H,1-2H3. The second kappa shape index (κ2) is 11.3. The lowest BCUT2D eigenvalue weighted by Crippen LogP contribution is -2.14. The Balaban J connectivity index is 1.16. The van der Waals surface area contributed by atoms with Crippen LogP contribution in [0.1, 0.15) is 25.0 Å². The Kier molecular flexibility index (Phi) is 6.53. The zero-order valence-corrected chi connectivity index (χ0v) is 28.4. The smallest absolute Gasteiger partial charge is 0.160 e. The fraction of sp³-hybridized carbons (Fsp3) is 0.0625. The molecule has 0 amide bonds. The quantitative estimate of drug-likeness (QED) is 0.190. The number of pyridine rings is 1. The lowest BCUT2D eigenvalue weighted by Gasteiger charge is -2.22. The summed E-state index contributed by atoms with van der Waals surface area (Å²) in [7, 11) is 0. The first-order valence-electron chi connectivity index (χ1n) is 17.5. The van der Waals surface area contributed by atoms with Crippen LogP contribution in [0.15, 0.2) is 164 Å². The molecule has 0 bridgehead atoms. The van der Waals surface area contributed by atoms with Gasteiger partial charge in [-0.25, -0.2) is 9.97 Å².